The third kappa shape index (κ3) is 14.6. The molecule has 30 heavy (non-hydrogen) atoms. The molecule has 0 radical (unpaired) electrons. The van der Waals surface area contributed by atoms with Gasteiger partial charge in [-0.15, -0.1) is 0 Å². The van der Waals surface area contributed by atoms with E-state index >= 15 is 0 Å². The van der Waals surface area contributed by atoms with Crippen LogP contribution in [-0.4, -0.2) is 47.1 Å². The molecule has 1 N–H and O–H groups in total. The lowest BCUT2D eigenvalue weighted by Gasteiger charge is -2.18. The summed E-state index contributed by atoms with van der Waals surface area (Å²) in [6.45, 7) is 14.8. The SMILES string of the molecule is C=CC(=O)OC(C)(C)C.CC(C)(C)OC(=O)C1CO1.O=C(OO)c1cccc(Cl)c1. The Morgan fingerprint density at radius 2 is 1.67 bits per heavy atom. The summed E-state index contributed by atoms with van der Waals surface area (Å²) < 4.78 is 14.6. The average molecular weight is 445 g/mol. The highest BCUT2D eigenvalue weighted by molar-refractivity contribution is 6.30. The highest BCUT2D eigenvalue weighted by Gasteiger charge is 2.35. The van der Waals surface area contributed by atoms with E-state index in [-0.39, 0.29) is 29.2 Å². The van der Waals surface area contributed by atoms with Crippen LogP contribution in [0.1, 0.15) is 51.9 Å². The van der Waals surface area contributed by atoms with E-state index in [9.17, 15) is 14.4 Å². The second-order valence-electron chi connectivity index (χ2n) is 7.98. The van der Waals surface area contributed by atoms with Gasteiger partial charge in [-0.2, -0.15) is 5.26 Å². The van der Waals surface area contributed by atoms with Crippen molar-refractivity contribution in [2.75, 3.05) is 6.61 Å². The van der Waals surface area contributed by atoms with Crippen molar-refractivity contribution in [1.82, 2.24) is 0 Å². The molecule has 8 nitrogen and oxygen atoms in total. The Hall–Kier alpha value is -2.42. The fraction of sp³-hybridized carbons (Fsp3) is 0.476. The van der Waals surface area contributed by atoms with E-state index in [1.54, 1.807) is 12.1 Å². The maximum absolute atomic E-state index is 10.9. The van der Waals surface area contributed by atoms with Crippen LogP contribution in [0.2, 0.25) is 5.02 Å². The van der Waals surface area contributed by atoms with Gasteiger partial charge < -0.3 is 14.2 Å². The second kappa shape index (κ2) is 12.3. The van der Waals surface area contributed by atoms with E-state index in [1.165, 1.54) is 12.1 Å². The summed E-state index contributed by atoms with van der Waals surface area (Å²) in [7, 11) is 0. The number of esters is 2. The monoisotopic (exact) mass is 444 g/mol. The molecule has 1 aliphatic heterocycles. The molecule has 0 spiro atoms. The number of epoxide rings is 1. The molecular formula is C21H29ClO8. The van der Waals surface area contributed by atoms with Gasteiger partial charge in [-0.3, -0.25) is 4.89 Å². The van der Waals surface area contributed by atoms with Crippen molar-refractivity contribution in [2.45, 2.75) is 58.8 Å². The molecule has 1 atom stereocenters. The third-order valence-corrected chi connectivity index (χ3v) is 2.95. The van der Waals surface area contributed by atoms with Crippen LogP contribution in [0.4, 0.5) is 0 Å². The quantitative estimate of drug-likeness (QED) is 0.184. The lowest BCUT2D eigenvalue weighted by molar-refractivity contribution is -0.182. The minimum Gasteiger partial charge on any atom is -0.458 e. The van der Waals surface area contributed by atoms with Gasteiger partial charge in [0, 0.05) is 11.1 Å². The average Bonchev–Trinajstić information content (AvgIpc) is 3.44. The van der Waals surface area contributed by atoms with Gasteiger partial charge in [-0.05, 0) is 59.7 Å². The first-order valence-electron chi connectivity index (χ1n) is 8.99. The summed E-state index contributed by atoms with van der Waals surface area (Å²) >= 11 is 5.56. The predicted molar refractivity (Wildman–Crippen MR) is 111 cm³/mol. The van der Waals surface area contributed by atoms with Gasteiger partial charge in [0.15, 0.2) is 6.10 Å². The lowest BCUT2D eigenvalue weighted by Crippen LogP contribution is -2.26. The number of hydrogen-bond donors (Lipinski definition) is 1. The lowest BCUT2D eigenvalue weighted by atomic mass is 10.2. The molecule has 1 unspecified atom stereocenters. The van der Waals surface area contributed by atoms with Crippen LogP contribution in [0.3, 0.4) is 0 Å². The van der Waals surface area contributed by atoms with Crippen molar-refractivity contribution in [1.29, 1.82) is 0 Å². The van der Waals surface area contributed by atoms with Gasteiger partial charge in [0.25, 0.3) is 0 Å². The first kappa shape index (κ1) is 27.6. The Morgan fingerprint density at radius 3 is 2.00 bits per heavy atom. The van der Waals surface area contributed by atoms with Crippen LogP contribution in [0.5, 0.6) is 0 Å². The molecule has 0 saturated carbocycles. The van der Waals surface area contributed by atoms with Gasteiger partial charge in [0.05, 0.1) is 12.2 Å². The van der Waals surface area contributed by atoms with Crippen LogP contribution < -0.4 is 0 Å². The number of rotatable bonds is 3. The number of ether oxygens (including phenoxy) is 3. The summed E-state index contributed by atoms with van der Waals surface area (Å²) in [4.78, 5) is 35.5. The number of carbonyl (C=O) groups excluding carboxylic acids is 3. The molecule has 0 aliphatic carbocycles. The highest BCUT2D eigenvalue weighted by Crippen LogP contribution is 2.16. The minimum atomic E-state index is -0.813. The maximum atomic E-state index is 10.9. The Bertz CT molecular complexity index is 727. The zero-order valence-corrected chi connectivity index (χ0v) is 18.8. The van der Waals surface area contributed by atoms with Gasteiger partial charge in [-0.25, -0.2) is 14.4 Å². The van der Waals surface area contributed by atoms with E-state index in [4.69, 9.17) is 31.1 Å². The van der Waals surface area contributed by atoms with Gasteiger partial charge in [0.1, 0.15) is 11.2 Å². The van der Waals surface area contributed by atoms with E-state index < -0.39 is 11.6 Å². The third-order valence-electron chi connectivity index (χ3n) is 2.72. The Kier molecular flexibility index (Phi) is 11.3. The van der Waals surface area contributed by atoms with Crippen molar-refractivity contribution >= 4 is 29.5 Å². The summed E-state index contributed by atoms with van der Waals surface area (Å²) in [5.74, 6) is -1.43. The van der Waals surface area contributed by atoms with Crippen molar-refractivity contribution in [2.24, 2.45) is 0 Å². The fourth-order valence-electron chi connectivity index (χ4n) is 1.56. The first-order chi connectivity index (χ1) is 13.7. The maximum Gasteiger partial charge on any atom is 0.372 e. The molecule has 1 saturated heterocycles. The Morgan fingerprint density at radius 1 is 1.13 bits per heavy atom. The first-order valence-corrected chi connectivity index (χ1v) is 9.37. The fourth-order valence-corrected chi connectivity index (χ4v) is 1.75. The number of hydrogen-bond acceptors (Lipinski definition) is 8. The summed E-state index contributed by atoms with van der Waals surface area (Å²) in [6, 6.07) is 6.11. The number of carbonyl (C=O) groups is 3. The minimum absolute atomic E-state index is 0.222. The van der Waals surface area contributed by atoms with E-state index in [2.05, 4.69) is 11.5 Å². The Balaban J connectivity index is 0.000000423. The van der Waals surface area contributed by atoms with Crippen LogP contribution in [-0.2, 0) is 28.7 Å². The molecule has 1 heterocycles. The summed E-state index contributed by atoms with van der Waals surface area (Å²) in [5, 5.41) is 8.41. The van der Waals surface area contributed by atoms with E-state index in [1.807, 2.05) is 41.5 Å². The molecule has 0 aromatic heterocycles. The Labute approximate surface area is 181 Å². The molecule has 0 amide bonds. The second-order valence-corrected chi connectivity index (χ2v) is 8.42. The van der Waals surface area contributed by atoms with Crippen LogP contribution >= 0.6 is 11.6 Å². The molecular weight excluding hydrogens is 416 g/mol. The van der Waals surface area contributed by atoms with E-state index in [0.717, 1.165) is 6.08 Å². The molecule has 2 rings (SSSR count). The molecule has 9 heteroatoms. The number of halogens is 1. The largest absolute Gasteiger partial charge is 0.458 e. The zero-order valence-electron chi connectivity index (χ0n) is 18.1. The van der Waals surface area contributed by atoms with Crippen molar-refractivity contribution in [3.05, 3.63) is 47.5 Å². The topological polar surface area (TPSA) is 112 Å². The van der Waals surface area contributed by atoms with Crippen LogP contribution in [0.15, 0.2) is 36.9 Å². The van der Waals surface area contributed by atoms with Crippen molar-refractivity contribution in [3.63, 3.8) is 0 Å². The van der Waals surface area contributed by atoms with Crippen LogP contribution in [0.25, 0.3) is 0 Å². The highest BCUT2D eigenvalue weighted by atomic mass is 35.5. The summed E-state index contributed by atoms with van der Waals surface area (Å²) in [5.41, 5.74) is -0.561. The molecule has 0 bridgehead atoms. The normalized spacial score (nSPS) is 14.6. The van der Waals surface area contributed by atoms with Crippen molar-refractivity contribution in [3.8, 4) is 0 Å². The zero-order chi connectivity index (χ0) is 23.5. The van der Waals surface area contributed by atoms with Crippen molar-refractivity contribution < 1.29 is 38.7 Å². The molecule has 1 aromatic rings. The van der Waals surface area contributed by atoms with Gasteiger partial charge in [-0.1, -0.05) is 24.2 Å². The smallest absolute Gasteiger partial charge is 0.372 e. The number of benzene rings is 1. The van der Waals surface area contributed by atoms with E-state index in [0.29, 0.717) is 11.6 Å². The molecule has 1 aliphatic rings. The molecule has 1 aromatic carbocycles. The van der Waals surface area contributed by atoms with Crippen LogP contribution in [0, 0.1) is 0 Å². The predicted octanol–water partition coefficient (Wildman–Crippen LogP) is 4.21. The molecule has 1 fully saturated rings. The van der Waals surface area contributed by atoms with Gasteiger partial charge >= 0.3 is 17.9 Å². The summed E-state index contributed by atoms with van der Waals surface area (Å²) in [6.07, 6.45) is 0.879. The van der Waals surface area contributed by atoms with Gasteiger partial charge in [0.2, 0.25) is 0 Å². The standard InChI is InChI=1S/C7H5ClO3.C7H12O3.C7H12O2/c8-6-3-1-2-5(4-6)7(9)11-10;1-7(2,3)10-6(8)5-4-9-5;1-5-6(8)9-7(2,3)4/h1-4,10H;5H,4H2,1-3H3;5H,1H2,2-4H3. The molecule has 168 valence electrons.